The summed E-state index contributed by atoms with van der Waals surface area (Å²) in [5.41, 5.74) is -1.19. The first-order valence-electron chi connectivity index (χ1n) is 8.90. The highest BCUT2D eigenvalue weighted by atomic mass is 35.5. The van der Waals surface area contributed by atoms with Gasteiger partial charge >= 0.3 is 6.18 Å². The van der Waals surface area contributed by atoms with Gasteiger partial charge in [-0.2, -0.15) is 13.2 Å². The van der Waals surface area contributed by atoms with Gasteiger partial charge in [0, 0.05) is 18.0 Å². The van der Waals surface area contributed by atoms with Gasteiger partial charge in [-0.05, 0) is 55.5 Å². The summed E-state index contributed by atoms with van der Waals surface area (Å²) < 4.78 is 66.6. The Morgan fingerprint density at radius 1 is 1.13 bits per heavy atom. The molecule has 11 heteroatoms. The van der Waals surface area contributed by atoms with Crippen LogP contribution >= 0.6 is 23.4 Å². The molecule has 1 aliphatic rings. The van der Waals surface area contributed by atoms with Crippen LogP contribution in [0.5, 0.6) is 0 Å². The number of benzene rings is 2. The van der Waals surface area contributed by atoms with Crippen LogP contribution in [-0.4, -0.2) is 38.6 Å². The summed E-state index contributed by atoms with van der Waals surface area (Å²) in [7, 11) is -4.28. The number of anilines is 1. The van der Waals surface area contributed by atoms with E-state index >= 15 is 0 Å². The Morgan fingerprint density at radius 2 is 1.80 bits per heavy atom. The molecule has 1 saturated heterocycles. The van der Waals surface area contributed by atoms with Gasteiger partial charge in [-0.25, -0.2) is 8.42 Å². The lowest BCUT2D eigenvalue weighted by atomic mass is 10.2. The van der Waals surface area contributed by atoms with Crippen molar-refractivity contribution in [2.24, 2.45) is 0 Å². The fourth-order valence-electron chi connectivity index (χ4n) is 3.10. The number of nitrogens with one attached hydrogen (secondary N) is 1. The molecule has 1 amide bonds. The first-order valence-corrected chi connectivity index (χ1v) is 12.0. The minimum absolute atomic E-state index is 0.180. The Bertz CT molecular complexity index is 1070. The smallest absolute Gasteiger partial charge is 0.339 e. The van der Waals surface area contributed by atoms with Gasteiger partial charge in [0.05, 0.1) is 26.7 Å². The third-order valence-corrected chi connectivity index (χ3v) is 7.13. The van der Waals surface area contributed by atoms with Crippen LogP contribution in [0.25, 0.3) is 0 Å². The molecule has 1 heterocycles. The quantitative estimate of drug-likeness (QED) is 0.606. The van der Waals surface area contributed by atoms with E-state index in [4.69, 9.17) is 11.6 Å². The number of halogens is 4. The van der Waals surface area contributed by atoms with Crippen molar-refractivity contribution >= 4 is 45.0 Å². The summed E-state index contributed by atoms with van der Waals surface area (Å²) >= 11 is 7.20. The second-order valence-electron chi connectivity index (χ2n) is 6.66. The second kappa shape index (κ2) is 8.68. The molecule has 0 radical (unpaired) electrons. The molecule has 0 spiro atoms. The predicted molar refractivity (Wildman–Crippen MR) is 111 cm³/mol. The molecule has 0 unspecified atom stereocenters. The van der Waals surface area contributed by atoms with Crippen LogP contribution in [0.1, 0.15) is 28.8 Å². The van der Waals surface area contributed by atoms with Crippen molar-refractivity contribution < 1.29 is 26.4 Å². The number of thioether (sulfide) groups is 1. The average molecular weight is 479 g/mol. The number of alkyl halides is 3. The highest BCUT2D eigenvalue weighted by Crippen LogP contribution is 2.35. The summed E-state index contributed by atoms with van der Waals surface area (Å²) in [6.07, 6.45) is -1.12. The summed E-state index contributed by atoms with van der Waals surface area (Å²) in [6, 6.07) is 6.43. The molecule has 3 rings (SSSR count). The zero-order chi connectivity index (χ0) is 22.1. The maximum Gasteiger partial charge on any atom is 0.416 e. The van der Waals surface area contributed by atoms with E-state index in [-0.39, 0.29) is 21.4 Å². The van der Waals surface area contributed by atoms with Crippen molar-refractivity contribution in [1.82, 2.24) is 4.90 Å². The van der Waals surface area contributed by atoms with Crippen molar-refractivity contribution in [2.45, 2.75) is 28.8 Å². The minimum atomic E-state index is -4.65. The van der Waals surface area contributed by atoms with Crippen LogP contribution < -0.4 is 4.72 Å². The molecule has 2 aromatic rings. The normalized spacial score (nSPS) is 14.8. The highest BCUT2D eigenvalue weighted by Gasteiger charge is 2.32. The lowest BCUT2D eigenvalue weighted by molar-refractivity contribution is -0.137. The maximum atomic E-state index is 13.0. The molecule has 5 nitrogen and oxygen atoms in total. The van der Waals surface area contributed by atoms with E-state index in [1.54, 1.807) is 11.2 Å². The first kappa shape index (κ1) is 22.8. The van der Waals surface area contributed by atoms with Crippen molar-refractivity contribution in [2.75, 3.05) is 24.1 Å². The van der Waals surface area contributed by atoms with Crippen LogP contribution in [0.3, 0.4) is 0 Å². The Morgan fingerprint density at radius 3 is 2.40 bits per heavy atom. The van der Waals surface area contributed by atoms with Gasteiger partial charge in [-0.1, -0.05) is 11.6 Å². The zero-order valence-electron chi connectivity index (χ0n) is 15.8. The van der Waals surface area contributed by atoms with Crippen LogP contribution in [-0.2, 0) is 16.2 Å². The number of carbonyl (C=O) groups excluding carboxylic acids is 1. The van der Waals surface area contributed by atoms with Gasteiger partial charge in [-0.15, -0.1) is 11.8 Å². The van der Waals surface area contributed by atoms with Crippen molar-refractivity contribution in [3.63, 3.8) is 0 Å². The Kier molecular flexibility index (Phi) is 6.59. The minimum Gasteiger partial charge on any atom is -0.339 e. The van der Waals surface area contributed by atoms with Crippen LogP contribution in [0.4, 0.5) is 18.9 Å². The van der Waals surface area contributed by atoms with Gasteiger partial charge in [0.15, 0.2) is 0 Å². The fraction of sp³-hybridized carbons (Fsp3) is 0.316. The predicted octanol–water partition coefficient (Wildman–Crippen LogP) is 5.12. The zero-order valence-corrected chi connectivity index (χ0v) is 18.2. The van der Waals surface area contributed by atoms with E-state index in [1.807, 2.05) is 0 Å². The van der Waals surface area contributed by atoms with Crippen LogP contribution in [0.2, 0.25) is 5.02 Å². The Balaban J connectivity index is 1.97. The topological polar surface area (TPSA) is 66.5 Å². The van der Waals surface area contributed by atoms with Gasteiger partial charge in [-0.3, -0.25) is 9.52 Å². The van der Waals surface area contributed by atoms with Gasteiger partial charge in [0.1, 0.15) is 0 Å². The molecule has 30 heavy (non-hydrogen) atoms. The third-order valence-electron chi connectivity index (χ3n) is 4.64. The van der Waals surface area contributed by atoms with E-state index in [2.05, 4.69) is 4.72 Å². The second-order valence-corrected chi connectivity index (χ2v) is 9.60. The van der Waals surface area contributed by atoms with Gasteiger partial charge in [0.2, 0.25) is 0 Å². The van der Waals surface area contributed by atoms with E-state index in [0.29, 0.717) is 24.1 Å². The van der Waals surface area contributed by atoms with Crippen LogP contribution in [0.15, 0.2) is 46.2 Å². The molecule has 0 bridgehead atoms. The van der Waals surface area contributed by atoms with E-state index in [9.17, 15) is 26.4 Å². The number of sulfonamides is 1. The monoisotopic (exact) mass is 478 g/mol. The number of carbonyl (C=O) groups is 1. The molecule has 0 aromatic heterocycles. The van der Waals surface area contributed by atoms with Crippen LogP contribution in [0, 0.1) is 0 Å². The number of hydrogen-bond acceptors (Lipinski definition) is 4. The average Bonchev–Trinajstić information content (AvgIpc) is 3.22. The Labute approximate surface area is 181 Å². The molecule has 1 fully saturated rings. The number of hydrogen-bond donors (Lipinski definition) is 1. The van der Waals surface area contributed by atoms with Gasteiger partial charge in [0.25, 0.3) is 15.9 Å². The Hall–Kier alpha value is -1.91. The van der Waals surface area contributed by atoms with Crippen molar-refractivity contribution in [1.29, 1.82) is 0 Å². The summed E-state index contributed by atoms with van der Waals surface area (Å²) in [6.45, 7) is 1.20. The fourth-order valence-corrected chi connectivity index (χ4v) is 4.98. The molecule has 2 aromatic carbocycles. The molecular formula is C19H18ClF3N2O3S2. The largest absolute Gasteiger partial charge is 0.416 e. The lowest BCUT2D eigenvalue weighted by Crippen LogP contribution is -2.28. The highest BCUT2D eigenvalue weighted by molar-refractivity contribution is 7.98. The number of nitrogens with zero attached hydrogens (tertiary/aromatic N) is 1. The molecule has 0 atom stereocenters. The SMILES string of the molecule is CSc1ccc(S(=O)(=O)Nc2cc(C(F)(F)F)ccc2Cl)cc1C(=O)N1CCCC1. The number of amides is 1. The molecular weight excluding hydrogens is 461 g/mol. The summed E-state index contributed by atoms with van der Waals surface area (Å²) in [4.78, 5) is 14.9. The van der Waals surface area contributed by atoms with E-state index < -0.39 is 27.5 Å². The standard InChI is InChI=1S/C19H18ClF3N2O3S2/c1-29-17-7-5-13(11-14(17)18(26)25-8-2-3-9-25)30(27,28)24-16-10-12(19(21,22)23)4-6-15(16)20/h4-7,10-11,24H,2-3,8-9H2,1H3. The third kappa shape index (κ3) is 4.87. The number of rotatable bonds is 5. The lowest BCUT2D eigenvalue weighted by Gasteiger charge is -2.18. The first-order chi connectivity index (χ1) is 14.0. The number of likely N-dealkylation sites (tertiary alicyclic amines) is 1. The van der Waals surface area contributed by atoms with Crippen molar-refractivity contribution in [3.05, 3.63) is 52.5 Å². The molecule has 1 aliphatic heterocycles. The molecule has 0 aliphatic carbocycles. The summed E-state index contributed by atoms with van der Waals surface area (Å²) in [5, 5.41) is -0.180. The molecule has 0 saturated carbocycles. The van der Waals surface area contributed by atoms with E-state index in [1.165, 1.54) is 30.0 Å². The molecule has 162 valence electrons. The molecule has 1 N–H and O–H groups in total. The van der Waals surface area contributed by atoms with Gasteiger partial charge < -0.3 is 4.90 Å². The van der Waals surface area contributed by atoms with Crippen molar-refractivity contribution in [3.8, 4) is 0 Å². The van der Waals surface area contributed by atoms with E-state index in [0.717, 1.165) is 25.0 Å². The maximum absolute atomic E-state index is 13.0. The summed E-state index contributed by atoms with van der Waals surface area (Å²) in [5.74, 6) is -0.272.